The van der Waals surface area contributed by atoms with Crippen LogP contribution in [0.2, 0.25) is 0 Å². The third-order valence-corrected chi connectivity index (χ3v) is 3.92. The third-order valence-electron chi connectivity index (χ3n) is 3.92. The van der Waals surface area contributed by atoms with E-state index in [0.717, 1.165) is 51.7 Å². The fourth-order valence-electron chi connectivity index (χ4n) is 2.57. The average Bonchev–Trinajstić information content (AvgIpc) is 2.56. The van der Waals surface area contributed by atoms with Crippen LogP contribution in [0.25, 0.3) is 0 Å². The van der Waals surface area contributed by atoms with Gasteiger partial charge in [-0.3, -0.25) is 4.99 Å². The van der Waals surface area contributed by atoms with Gasteiger partial charge in [0.25, 0.3) is 0 Å². The van der Waals surface area contributed by atoms with Gasteiger partial charge in [-0.25, -0.2) is 0 Å². The quantitative estimate of drug-likeness (QED) is 0.224. The number of nitrogens with one attached hydrogen (secondary N) is 2. The number of ether oxygens (including phenoxy) is 2. The van der Waals surface area contributed by atoms with Crippen molar-refractivity contribution in [3.63, 3.8) is 0 Å². The summed E-state index contributed by atoms with van der Waals surface area (Å²) in [4.78, 5) is 4.21. The lowest BCUT2D eigenvalue weighted by Crippen LogP contribution is -2.39. The number of unbranched alkanes of at least 4 members (excludes halogenated alkanes) is 1. The van der Waals surface area contributed by atoms with Crippen molar-refractivity contribution in [3.8, 4) is 0 Å². The maximum atomic E-state index is 5.91. The molecule has 0 heterocycles. The first-order chi connectivity index (χ1) is 10.9. The van der Waals surface area contributed by atoms with E-state index in [2.05, 4.69) is 22.5 Å². The Morgan fingerprint density at radius 1 is 1.00 bits per heavy atom. The van der Waals surface area contributed by atoms with E-state index in [1.165, 1.54) is 38.5 Å². The van der Waals surface area contributed by atoms with Crippen LogP contribution in [0, 0.1) is 0 Å². The average molecular weight is 441 g/mol. The van der Waals surface area contributed by atoms with Crippen molar-refractivity contribution in [2.75, 3.05) is 40.0 Å². The molecule has 1 aliphatic rings. The molecule has 1 saturated carbocycles. The van der Waals surface area contributed by atoms with E-state index in [4.69, 9.17) is 9.47 Å². The minimum Gasteiger partial charge on any atom is -0.380 e. The van der Waals surface area contributed by atoms with Gasteiger partial charge in [0.15, 0.2) is 5.96 Å². The zero-order valence-corrected chi connectivity index (χ0v) is 17.3. The molecule has 0 aromatic heterocycles. The fraction of sp³-hybridized carbons (Fsp3) is 0.941. The Morgan fingerprint density at radius 3 is 2.43 bits per heavy atom. The lowest BCUT2D eigenvalue weighted by molar-refractivity contribution is 0.0277. The van der Waals surface area contributed by atoms with E-state index in [1.54, 1.807) is 7.05 Å². The summed E-state index contributed by atoms with van der Waals surface area (Å²) in [5, 5.41) is 6.57. The highest BCUT2D eigenvalue weighted by Gasteiger charge is 2.12. The number of guanidine groups is 1. The Morgan fingerprint density at radius 2 is 1.74 bits per heavy atom. The molecule has 23 heavy (non-hydrogen) atoms. The number of rotatable bonds is 11. The zero-order valence-electron chi connectivity index (χ0n) is 14.9. The Hall–Kier alpha value is -0.0800. The monoisotopic (exact) mass is 441 g/mol. The molecule has 0 aliphatic heterocycles. The van der Waals surface area contributed by atoms with Gasteiger partial charge in [0.2, 0.25) is 0 Å². The van der Waals surface area contributed by atoms with E-state index >= 15 is 0 Å². The Kier molecular flexibility index (Phi) is 16.7. The summed E-state index contributed by atoms with van der Waals surface area (Å²) in [5.74, 6) is 0.844. The lowest BCUT2D eigenvalue weighted by atomic mass is 9.98. The molecular formula is C17H36IN3O2. The minimum atomic E-state index is 0. The molecular weight excluding hydrogens is 405 g/mol. The van der Waals surface area contributed by atoms with E-state index in [0.29, 0.717) is 6.10 Å². The standard InChI is InChI=1S/C17H35N3O2.HI/c1-3-4-13-21-15-12-20-17(18-2)19-11-8-14-22-16-9-6-5-7-10-16;/h16H,3-15H2,1-2H3,(H2,18,19,20);1H. The van der Waals surface area contributed by atoms with Crippen LogP contribution in [0.1, 0.15) is 58.3 Å². The number of halogens is 1. The molecule has 0 atom stereocenters. The van der Waals surface area contributed by atoms with Gasteiger partial charge in [-0.2, -0.15) is 0 Å². The van der Waals surface area contributed by atoms with Crippen molar-refractivity contribution < 1.29 is 9.47 Å². The molecule has 0 radical (unpaired) electrons. The van der Waals surface area contributed by atoms with Crippen molar-refractivity contribution in [1.29, 1.82) is 0 Å². The number of nitrogens with zero attached hydrogens (tertiary/aromatic N) is 1. The predicted molar refractivity (Wildman–Crippen MR) is 108 cm³/mol. The molecule has 1 aliphatic carbocycles. The van der Waals surface area contributed by atoms with Gasteiger partial charge in [0.1, 0.15) is 0 Å². The first-order valence-electron chi connectivity index (χ1n) is 9.00. The topological polar surface area (TPSA) is 54.9 Å². The van der Waals surface area contributed by atoms with Crippen molar-refractivity contribution in [2.24, 2.45) is 4.99 Å². The van der Waals surface area contributed by atoms with Gasteiger partial charge < -0.3 is 20.1 Å². The summed E-state index contributed by atoms with van der Waals surface area (Å²) in [6.07, 6.45) is 10.4. The van der Waals surface area contributed by atoms with Gasteiger partial charge in [0.05, 0.1) is 12.7 Å². The summed E-state index contributed by atoms with van der Waals surface area (Å²) < 4.78 is 11.4. The SMILES string of the molecule is CCCCOCCNC(=NC)NCCCOC1CCCCC1.I. The molecule has 0 unspecified atom stereocenters. The Labute approximate surface area is 159 Å². The second-order valence-corrected chi connectivity index (χ2v) is 5.88. The van der Waals surface area contributed by atoms with Crippen LogP contribution in [0.5, 0.6) is 0 Å². The lowest BCUT2D eigenvalue weighted by Gasteiger charge is -2.22. The third kappa shape index (κ3) is 12.9. The maximum Gasteiger partial charge on any atom is 0.191 e. The van der Waals surface area contributed by atoms with Crippen molar-refractivity contribution >= 4 is 29.9 Å². The maximum absolute atomic E-state index is 5.91. The molecule has 2 N–H and O–H groups in total. The molecule has 0 aromatic carbocycles. The zero-order chi connectivity index (χ0) is 15.9. The molecule has 1 fully saturated rings. The highest BCUT2D eigenvalue weighted by molar-refractivity contribution is 14.0. The largest absolute Gasteiger partial charge is 0.380 e. The normalized spacial score (nSPS) is 16.0. The molecule has 1 rings (SSSR count). The molecule has 6 heteroatoms. The first-order valence-corrected chi connectivity index (χ1v) is 9.00. The second kappa shape index (κ2) is 16.8. The summed E-state index contributed by atoms with van der Waals surface area (Å²) in [6, 6.07) is 0. The molecule has 138 valence electrons. The summed E-state index contributed by atoms with van der Waals surface area (Å²) in [7, 11) is 1.80. The van der Waals surface area contributed by atoms with Crippen LogP contribution >= 0.6 is 24.0 Å². The number of hydrogen-bond acceptors (Lipinski definition) is 3. The first kappa shape index (κ1) is 22.9. The number of hydrogen-bond donors (Lipinski definition) is 2. The molecule has 0 spiro atoms. The van der Waals surface area contributed by atoms with Gasteiger partial charge >= 0.3 is 0 Å². The van der Waals surface area contributed by atoms with E-state index in [1.807, 2.05) is 0 Å². The van der Waals surface area contributed by atoms with Crippen molar-refractivity contribution in [3.05, 3.63) is 0 Å². The second-order valence-electron chi connectivity index (χ2n) is 5.88. The predicted octanol–water partition coefficient (Wildman–Crippen LogP) is 3.33. The van der Waals surface area contributed by atoms with Crippen LogP contribution < -0.4 is 10.6 Å². The van der Waals surface area contributed by atoms with Crippen molar-refractivity contribution in [1.82, 2.24) is 10.6 Å². The van der Waals surface area contributed by atoms with Crippen LogP contribution in [0.4, 0.5) is 0 Å². The van der Waals surface area contributed by atoms with Gasteiger partial charge in [-0.15, -0.1) is 24.0 Å². The highest BCUT2D eigenvalue weighted by atomic mass is 127. The summed E-state index contributed by atoms with van der Waals surface area (Å²) in [5.41, 5.74) is 0. The van der Waals surface area contributed by atoms with Gasteiger partial charge in [-0.1, -0.05) is 32.6 Å². The van der Waals surface area contributed by atoms with Crippen LogP contribution in [0.3, 0.4) is 0 Å². The van der Waals surface area contributed by atoms with Crippen LogP contribution in [-0.4, -0.2) is 52.0 Å². The van der Waals surface area contributed by atoms with E-state index < -0.39 is 0 Å². The fourth-order valence-corrected chi connectivity index (χ4v) is 2.57. The smallest absolute Gasteiger partial charge is 0.191 e. The van der Waals surface area contributed by atoms with Crippen molar-refractivity contribution in [2.45, 2.75) is 64.4 Å². The minimum absolute atomic E-state index is 0. The van der Waals surface area contributed by atoms with Crippen LogP contribution in [-0.2, 0) is 9.47 Å². The molecule has 5 nitrogen and oxygen atoms in total. The van der Waals surface area contributed by atoms with E-state index in [-0.39, 0.29) is 24.0 Å². The van der Waals surface area contributed by atoms with E-state index in [9.17, 15) is 0 Å². The molecule has 0 bridgehead atoms. The molecule has 0 aromatic rings. The van der Waals surface area contributed by atoms with Gasteiger partial charge in [0, 0.05) is 33.4 Å². The Balaban J connectivity index is 0.00000484. The summed E-state index contributed by atoms with van der Waals surface area (Å²) in [6.45, 7) is 6.28. The van der Waals surface area contributed by atoms with Crippen LogP contribution in [0.15, 0.2) is 4.99 Å². The molecule has 0 amide bonds. The summed E-state index contributed by atoms with van der Waals surface area (Å²) >= 11 is 0. The number of aliphatic imine (C=N–C) groups is 1. The molecule has 0 saturated heterocycles. The van der Waals surface area contributed by atoms with Gasteiger partial charge in [-0.05, 0) is 25.7 Å². The Bertz CT molecular complexity index is 285. The highest BCUT2D eigenvalue weighted by Crippen LogP contribution is 2.20.